The standard InChI is InChI=1S/C23H19BrF2N4O4S2/c1-12-8-15(27-10-14-4-3-5-18(34-2)20(14)31)11-28-22(12)36(32,33)30-23-29-19(21(24)35-23)13-6-7-16(25)17(26)9-13/h3-9,11,27,31H,10H2,1-2H3,(H,29,30). The number of nitrogens with one attached hydrogen (secondary N) is 2. The van der Waals surface area contributed by atoms with Crippen molar-refractivity contribution in [2.24, 2.45) is 0 Å². The van der Waals surface area contributed by atoms with Crippen molar-refractivity contribution in [2.75, 3.05) is 17.1 Å². The Balaban J connectivity index is 1.51. The SMILES string of the molecule is COc1cccc(CNc2cnc(S(=O)(=O)Nc3nc(-c4ccc(F)c(F)c4)c(Br)s3)c(C)c2)c1O. The summed E-state index contributed by atoms with van der Waals surface area (Å²) in [5, 5.41) is 13.1. The highest BCUT2D eigenvalue weighted by Gasteiger charge is 2.22. The quantitative estimate of drug-likeness (QED) is 0.240. The highest BCUT2D eigenvalue weighted by Crippen LogP contribution is 2.37. The van der Waals surface area contributed by atoms with Crippen LogP contribution in [-0.4, -0.2) is 30.6 Å². The number of halogens is 3. The molecule has 3 N–H and O–H groups in total. The predicted molar refractivity (Wildman–Crippen MR) is 137 cm³/mol. The van der Waals surface area contributed by atoms with E-state index in [4.69, 9.17) is 4.74 Å². The molecule has 0 bridgehead atoms. The predicted octanol–water partition coefficient (Wildman–Crippen LogP) is 5.68. The zero-order valence-corrected chi connectivity index (χ0v) is 22.1. The molecule has 4 aromatic rings. The Hall–Kier alpha value is -3.29. The lowest BCUT2D eigenvalue weighted by Gasteiger charge is -2.12. The van der Waals surface area contributed by atoms with E-state index < -0.39 is 21.7 Å². The van der Waals surface area contributed by atoms with Gasteiger partial charge in [-0.3, -0.25) is 4.72 Å². The number of nitrogens with zero attached hydrogens (tertiary/aromatic N) is 2. The second kappa shape index (κ2) is 10.4. The summed E-state index contributed by atoms with van der Waals surface area (Å²) in [5.41, 5.74) is 2.07. The number of hydrogen-bond acceptors (Lipinski definition) is 8. The van der Waals surface area contributed by atoms with Crippen molar-refractivity contribution < 1.29 is 27.0 Å². The van der Waals surface area contributed by atoms with Gasteiger partial charge in [-0.15, -0.1) is 0 Å². The first-order chi connectivity index (χ1) is 17.1. The monoisotopic (exact) mass is 596 g/mol. The van der Waals surface area contributed by atoms with E-state index in [0.717, 1.165) is 23.5 Å². The number of rotatable bonds is 8. The normalized spacial score (nSPS) is 11.4. The minimum absolute atomic E-state index is 0.0120. The van der Waals surface area contributed by atoms with Crippen molar-refractivity contribution in [1.82, 2.24) is 9.97 Å². The maximum atomic E-state index is 13.6. The number of methoxy groups -OCH3 is 1. The van der Waals surface area contributed by atoms with Crippen LogP contribution >= 0.6 is 27.3 Å². The Labute approximate surface area is 218 Å². The largest absolute Gasteiger partial charge is 0.504 e. The number of aromatic hydroxyl groups is 1. The molecule has 0 saturated carbocycles. The molecule has 0 spiro atoms. The third-order valence-electron chi connectivity index (χ3n) is 5.07. The fourth-order valence-electron chi connectivity index (χ4n) is 3.34. The van der Waals surface area contributed by atoms with Crippen LogP contribution in [0.5, 0.6) is 11.5 Å². The average Bonchev–Trinajstić information content (AvgIpc) is 3.19. The molecule has 0 aliphatic rings. The van der Waals surface area contributed by atoms with E-state index in [1.165, 1.54) is 19.4 Å². The molecule has 188 valence electrons. The summed E-state index contributed by atoms with van der Waals surface area (Å²) in [4.78, 5) is 8.31. The number of aryl methyl sites for hydroxylation is 1. The number of hydrogen-bond donors (Lipinski definition) is 3. The number of ether oxygens (including phenoxy) is 1. The van der Waals surface area contributed by atoms with Crippen LogP contribution in [-0.2, 0) is 16.6 Å². The van der Waals surface area contributed by atoms with Crippen molar-refractivity contribution in [1.29, 1.82) is 0 Å². The molecule has 2 heterocycles. The molecule has 0 radical (unpaired) electrons. The molecule has 8 nitrogen and oxygen atoms in total. The summed E-state index contributed by atoms with van der Waals surface area (Å²) >= 11 is 4.28. The Kier molecular flexibility index (Phi) is 7.43. The van der Waals surface area contributed by atoms with Gasteiger partial charge in [0, 0.05) is 17.7 Å². The molecule has 0 unspecified atom stereocenters. The highest BCUT2D eigenvalue weighted by atomic mass is 79.9. The summed E-state index contributed by atoms with van der Waals surface area (Å²) in [5.74, 6) is -1.67. The van der Waals surface area contributed by atoms with Crippen LogP contribution in [0.3, 0.4) is 0 Å². The van der Waals surface area contributed by atoms with Crippen molar-refractivity contribution in [3.8, 4) is 22.8 Å². The lowest BCUT2D eigenvalue weighted by atomic mass is 10.2. The van der Waals surface area contributed by atoms with E-state index in [1.807, 2.05) is 0 Å². The Morgan fingerprint density at radius 3 is 2.64 bits per heavy atom. The summed E-state index contributed by atoms with van der Waals surface area (Å²) in [6.07, 6.45) is 1.36. The zero-order chi connectivity index (χ0) is 26.0. The molecule has 4 rings (SSSR count). The molecule has 36 heavy (non-hydrogen) atoms. The Bertz CT molecular complexity index is 1550. The lowest BCUT2D eigenvalue weighted by Crippen LogP contribution is -2.16. The van der Waals surface area contributed by atoms with Crippen LogP contribution in [0.2, 0.25) is 0 Å². The van der Waals surface area contributed by atoms with Gasteiger partial charge >= 0.3 is 0 Å². The van der Waals surface area contributed by atoms with Gasteiger partial charge in [0.15, 0.2) is 33.3 Å². The molecule has 0 fully saturated rings. The first-order valence-corrected chi connectivity index (χ1v) is 13.4. The minimum atomic E-state index is -4.10. The highest BCUT2D eigenvalue weighted by molar-refractivity contribution is 9.11. The average molecular weight is 597 g/mol. The summed E-state index contributed by atoms with van der Waals surface area (Å²) in [6, 6.07) is 10.0. The van der Waals surface area contributed by atoms with Gasteiger partial charge in [0.05, 0.1) is 28.5 Å². The van der Waals surface area contributed by atoms with E-state index in [2.05, 4.69) is 35.9 Å². The number of pyridine rings is 1. The number of thiazole rings is 1. The van der Waals surface area contributed by atoms with Crippen molar-refractivity contribution in [3.05, 3.63) is 75.2 Å². The lowest BCUT2D eigenvalue weighted by molar-refractivity contribution is 0.371. The van der Waals surface area contributed by atoms with Crippen molar-refractivity contribution in [3.63, 3.8) is 0 Å². The number of anilines is 2. The topological polar surface area (TPSA) is 113 Å². The van der Waals surface area contributed by atoms with Crippen LogP contribution in [0.25, 0.3) is 11.3 Å². The van der Waals surface area contributed by atoms with Gasteiger partial charge in [0.25, 0.3) is 10.0 Å². The van der Waals surface area contributed by atoms with Gasteiger partial charge in [-0.2, -0.15) is 8.42 Å². The van der Waals surface area contributed by atoms with Crippen LogP contribution < -0.4 is 14.8 Å². The molecular formula is C23H19BrF2N4O4S2. The number of phenolic OH excluding ortho intramolecular Hbond substituents is 1. The fourth-order valence-corrected chi connectivity index (χ4v) is 6.23. The van der Waals surface area contributed by atoms with E-state index in [0.29, 0.717) is 26.4 Å². The Morgan fingerprint density at radius 2 is 1.94 bits per heavy atom. The van der Waals surface area contributed by atoms with Crippen molar-refractivity contribution >= 4 is 48.1 Å². The first kappa shape index (κ1) is 25.8. The summed E-state index contributed by atoms with van der Waals surface area (Å²) < 4.78 is 60.8. The molecule has 2 aromatic heterocycles. The van der Waals surface area contributed by atoms with Gasteiger partial charge in [-0.25, -0.2) is 18.7 Å². The van der Waals surface area contributed by atoms with Crippen LogP contribution in [0, 0.1) is 18.6 Å². The number of para-hydroxylation sites is 1. The third-order valence-corrected chi connectivity index (χ3v) is 8.22. The molecule has 0 aliphatic carbocycles. The van der Waals surface area contributed by atoms with E-state index in [9.17, 15) is 22.3 Å². The van der Waals surface area contributed by atoms with E-state index >= 15 is 0 Å². The van der Waals surface area contributed by atoms with E-state index in [1.54, 1.807) is 31.2 Å². The first-order valence-electron chi connectivity index (χ1n) is 10.3. The van der Waals surface area contributed by atoms with Crippen LogP contribution in [0.1, 0.15) is 11.1 Å². The summed E-state index contributed by atoms with van der Waals surface area (Å²) in [7, 11) is -2.64. The van der Waals surface area contributed by atoms with Gasteiger partial charge in [0.1, 0.15) is 0 Å². The second-order valence-electron chi connectivity index (χ2n) is 7.54. The number of sulfonamides is 1. The van der Waals surface area contributed by atoms with Gasteiger partial charge in [-0.05, 0) is 58.7 Å². The van der Waals surface area contributed by atoms with Crippen LogP contribution in [0.15, 0.2) is 57.5 Å². The molecule has 0 atom stereocenters. The molecular weight excluding hydrogens is 578 g/mol. The molecule has 13 heteroatoms. The number of benzene rings is 2. The van der Waals surface area contributed by atoms with Gasteiger partial charge in [0.2, 0.25) is 0 Å². The number of aromatic nitrogens is 2. The van der Waals surface area contributed by atoms with Gasteiger partial charge < -0.3 is 15.2 Å². The van der Waals surface area contributed by atoms with Crippen LogP contribution in [0.4, 0.5) is 19.6 Å². The smallest absolute Gasteiger partial charge is 0.281 e. The molecule has 2 aromatic carbocycles. The zero-order valence-electron chi connectivity index (χ0n) is 18.8. The number of phenols is 1. The fraction of sp³-hybridized carbons (Fsp3) is 0.130. The molecule has 0 aliphatic heterocycles. The Morgan fingerprint density at radius 1 is 1.17 bits per heavy atom. The van der Waals surface area contributed by atoms with E-state index in [-0.39, 0.29) is 33.7 Å². The maximum Gasteiger partial charge on any atom is 0.281 e. The minimum Gasteiger partial charge on any atom is -0.504 e. The third kappa shape index (κ3) is 5.42. The second-order valence-corrected chi connectivity index (χ2v) is 11.5. The maximum absolute atomic E-state index is 13.6. The summed E-state index contributed by atoms with van der Waals surface area (Å²) in [6.45, 7) is 1.86. The van der Waals surface area contributed by atoms with Crippen molar-refractivity contribution in [2.45, 2.75) is 18.5 Å². The van der Waals surface area contributed by atoms with Gasteiger partial charge in [-0.1, -0.05) is 23.5 Å². The molecule has 0 saturated heterocycles. The molecule has 0 amide bonds.